The molecule has 0 bridgehead atoms. The molecule has 0 aliphatic carbocycles. The summed E-state index contributed by atoms with van der Waals surface area (Å²) in [4.78, 5) is 18.7. The number of methoxy groups -OCH3 is 2. The minimum atomic E-state index is -0.555. The van der Waals surface area contributed by atoms with E-state index >= 15 is 0 Å². The van der Waals surface area contributed by atoms with E-state index < -0.39 is 5.82 Å². The number of rotatable bonds is 7. The number of aromatic nitrogens is 3. The van der Waals surface area contributed by atoms with Crippen LogP contribution in [-0.4, -0.2) is 52.9 Å². The number of carbonyl (C=O) groups is 1. The fourth-order valence-electron chi connectivity index (χ4n) is 4.82. The van der Waals surface area contributed by atoms with Gasteiger partial charge in [0.15, 0.2) is 17.2 Å². The highest BCUT2D eigenvalue weighted by molar-refractivity contribution is 5.96. The summed E-state index contributed by atoms with van der Waals surface area (Å²) in [6, 6.07) is 12.1. The van der Waals surface area contributed by atoms with Crippen LogP contribution in [0.4, 0.5) is 4.39 Å². The van der Waals surface area contributed by atoms with Gasteiger partial charge in [-0.1, -0.05) is 13.0 Å². The summed E-state index contributed by atoms with van der Waals surface area (Å²) in [5, 5.41) is 5.86. The molecule has 0 unspecified atom stereocenters. The second-order valence-corrected chi connectivity index (χ2v) is 8.92. The molecule has 3 heterocycles. The van der Waals surface area contributed by atoms with Crippen LogP contribution < -0.4 is 14.2 Å². The van der Waals surface area contributed by atoms with Crippen LogP contribution in [0.3, 0.4) is 0 Å². The van der Waals surface area contributed by atoms with Crippen molar-refractivity contribution in [3.8, 4) is 34.3 Å². The van der Waals surface area contributed by atoms with Crippen molar-refractivity contribution in [2.75, 3.05) is 27.3 Å². The molecule has 0 N–H and O–H groups in total. The molecule has 8 nitrogen and oxygen atoms in total. The maximum Gasteiger partial charge on any atom is 0.222 e. The Balaban J connectivity index is 1.50. The average Bonchev–Trinajstić information content (AvgIpc) is 3.34. The zero-order valence-corrected chi connectivity index (χ0v) is 21.1. The molecule has 37 heavy (non-hydrogen) atoms. The number of benzene rings is 2. The molecule has 2 aromatic carbocycles. The van der Waals surface area contributed by atoms with Crippen molar-refractivity contribution in [2.45, 2.75) is 32.2 Å². The Morgan fingerprint density at radius 1 is 1.05 bits per heavy atom. The van der Waals surface area contributed by atoms with E-state index in [9.17, 15) is 9.18 Å². The second-order valence-electron chi connectivity index (χ2n) is 8.92. The number of amides is 1. The minimum absolute atomic E-state index is 0.0236. The Morgan fingerprint density at radius 3 is 2.54 bits per heavy atom. The molecule has 1 aliphatic rings. The number of nitrogens with zero attached hydrogens (tertiary/aromatic N) is 4. The fourth-order valence-corrected chi connectivity index (χ4v) is 4.82. The number of carbonyl (C=O) groups excluding carboxylic acids is 1. The highest BCUT2D eigenvalue weighted by atomic mass is 19.1. The van der Waals surface area contributed by atoms with Crippen molar-refractivity contribution >= 4 is 16.8 Å². The number of halogens is 1. The second kappa shape index (κ2) is 10.5. The number of hydrogen-bond acceptors (Lipinski definition) is 6. The first-order valence-electron chi connectivity index (χ1n) is 12.3. The Bertz CT molecular complexity index is 1420. The van der Waals surface area contributed by atoms with Gasteiger partial charge in [0.05, 0.1) is 31.8 Å². The van der Waals surface area contributed by atoms with E-state index in [4.69, 9.17) is 19.3 Å². The van der Waals surface area contributed by atoms with E-state index in [-0.39, 0.29) is 23.4 Å². The van der Waals surface area contributed by atoms with Gasteiger partial charge in [0.1, 0.15) is 17.0 Å². The molecular weight excluding hydrogens is 475 g/mol. The summed E-state index contributed by atoms with van der Waals surface area (Å²) in [5.74, 6) is 0.909. The standard InChI is InChI=1S/C28H29FN4O4/c1-4-25(34)32-14-6-7-19(17-32)33-28-21(15-30-16-24(28)36-3)27(31-33)18-10-12-20(13-11-18)37-23-9-5-8-22(35-2)26(23)29/h5,8-13,15-16,19H,4,6-7,14,17H2,1-3H3/t19-/m1/s1. The van der Waals surface area contributed by atoms with Gasteiger partial charge in [-0.25, -0.2) is 0 Å². The van der Waals surface area contributed by atoms with E-state index in [1.54, 1.807) is 49.8 Å². The fraction of sp³-hybridized carbons (Fsp3) is 0.321. The van der Waals surface area contributed by atoms with Crippen LogP contribution in [0.1, 0.15) is 32.2 Å². The van der Waals surface area contributed by atoms with Crippen LogP contribution in [0.5, 0.6) is 23.0 Å². The molecule has 192 valence electrons. The Kier molecular flexibility index (Phi) is 6.94. The molecule has 0 radical (unpaired) electrons. The first-order valence-corrected chi connectivity index (χ1v) is 12.3. The lowest BCUT2D eigenvalue weighted by atomic mass is 10.0. The lowest BCUT2D eigenvalue weighted by Crippen LogP contribution is -2.40. The molecule has 5 rings (SSSR count). The third-order valence-electron chi connectivity index (χ3n) is 6.70. The topological polar surface area (TPSA) is 78.7 Å². The van der Waals surface area contributed by atoms with Gasteiger partial charge >= 0.3 is 0 Å². The van der Waals surface area contributed by atoms with Crippen LogP contribution in [0.2, 0.25) is 0 Å². The van der Waals surface area contributed by atoms with Crippen LogP contribution in [0, 0.1) is 5.82 Å². The Morgan fingerprint density at radius 2 is 1.81 bits per heavy atom. The summed E-state index contributed by atoms with van der Waals surface area (Å²) in [5.41, 5.74) is 2.45. The molecule has 9 heteroatoms. The number of fused-ring (bicyclic) bond motifs is 1. The molecule has 1 aliphatic heterocycles. The predicted molar refractivity (Wildman–Crippen MR) is 138 cm³/mol. The molecular formula is C28H29FN4O4. The molecule has 4 aromatic rings. The van der Waals surface area contributed by atoms with Gasteiger partial charge in [0.25, 0.3) is 0 Å². The quantitative estimate of drug-likeness (QED) is 0.325. The summed E-state index contributed by atoms with van der Waals surface area (Å²) < 4.78 is 33.0. The first-order chi connectivity index (χ1) is 18.0. The van der Waals surface area contributed by atoms with Gasteiger partial charge in [-0.05, 0) is 49.2 Å². The first kappa shape index (κ1) is 24.5. The molecule has 1 amide bonds. The van der Waals surface area contributed by atoms with Gasteiger partial charge < -0.3 is 19.1 Å². The van der Waals surface area contributed by atoms with Crippen molar-refractivity contribution in [3.05, 3.63) is 60.7 Å². The third-order valence-corrected chi connectivity index (χ3v) is 6.70. The largest absolute Gasteiger partial charge is 0.494 e. The summed E-state index contributed by atoms with van der Waals surface area (Å²) >= 11 is 0. The zero-order chi connectivity index (χ0) is 25.9. The highest BCUT2D eigenvalue weighted by Crippen LogP contribution is 2.37. The number of likely N-dealkylation sites (tertiary alicyclic amines) is 1. The summed E-state index contributed by atoms with van der Waals surface area (Å²) in [7, 11) is 3.03. The predicted octanol–water partition coefficient (Wildman–Crippen LogP) is 5.62. The maximum atomic E-state index is 14.5. The van der Waals surface area contributed by atoms with Crippen LogP contribution in [0.25, 0.3) is 22.2 Å². The lowest BCUT2D eigenvalue weighted by molar-refractivity contribution is -0.132. The van der Waals surface area contributed by atoms with E-state index in [2.05, 4.69) is 4.98 Å². The molecule has 0 saturated carbocycles. The van der Waals surface area contributed by atoms with Crippen LogP contribution in [-0.2, 0) is 4.79 Å². The van der Waals surface area contributed by atoms with E-state index in [0.717, 1.165) is 41.5 Å². The van der Waals surface area contributed by atoms with Gasteiger partial charge in [0, 0.05) is 31.3 Å². The Labute approximate surface area is 214 Å². The van der Waals surface area contributed by atoms with Gasteiger partial charge in [-0.3, -0.25) is 14.5 Å². The van der Waals surface area contributed by atoms with Gasteiger partial charge in [-0.2, -0.15) is 9.49 Å². The number of ether oxygens (including phenoxy) is 3. The molecule has 0 spiro atoms. The van der Waals surface area contributed by atoms with E-state index in [0.29, 0.717) is 24.5 Å². The van der Waals surface area contributed by atoms with Gasteiger partial charge in [-0.15, -0.1) is 0 Å². The lowest BCUT2D eigenvalue weighted by Gasteiger charge is -2.33. The highest BCUT2D eigenvalue weighted by Gasteiger charge is 2.28. The number of pyridine rings is 1. The van der Waals surface area contributed by atoms with E-state index in [1.807, 2.05) is 28.6 Å². The molecule has 1 fully saturated rings. The van der Waals surface area contributed by atoms with Crippen molar-refractivity contribution in [3.63, 3.8) is 0 Å². The average molecular weight is 505 g/mol. The molecule has 1 saturated heterocycles. The molecule has 1 atom stereocenters. The SMILES string of the molecule is CCC(=O)N1CCC[C@@H](n2nc(-c3ccc(Oc4cccc(OC)c4F)cc3)c3cncc(OC)c32)C1. The minimum Gasteiger partial charge on any atom is -0.494 e. The monoisotopic (exact) mass is 504 g/mol. The van der Waals surface area contributed by atoms with Gasteiger partial charge in [0.2, 0.25) is 11.7 Å². The van der Waals surface area contributed by atoms with Crippen LogP contribution >= 0.6 is 0 Å². The Hall–Kier alpha value is -4.14. The number of hydrogen-bond donors (Lipinski definition) is 0. The van der Waals surface area contributed by atoms with Crippen LogP contribution in [0.15, 0.2) is 54.9 Å². The summed E-state index contributed by atoms with van der Waals surface area (Å²) in [6.07, 6.45) is 5.77. The van der Waals surface area contributed by atoms with Crippen molar-refractivity contribution in [1.82, 2.24) is 19.7 Å². The third kappa shape index (κ3) is 4.69. The van der Waals surface area contributed by atoms with Crippen molar-refractivity contribution in [1.29, 1.82) is 0 Å². The van der Waals surface area contributed by atoms with Crippen molar-refractivity contribution in [2.24, 2.45) is 0 Å². The smallest absolute Gasteiger partial charge is 0.222 e. The van der Waals surface area contributed by atoms with E-state index in [1.165, 1.54) is 7.11 Å². The normalized spacial score (nSPS) is 15.6. The molecule has 2 aromatic heterocycles. The maximum absolute atomic E-state index is 14.5. The van der Waals surface area contributed by atoms with Crippen molar-refractivity contribution < 1.29 is 23.4 Å². The zero-order valence-electron chi connectivity index (χ0n) is 21.1. The summed E-state index contributed by atoms with van der Waals surface area (Å²) in [6.45, 7) is 3.26. The number of piperidine rings is 1.